The van der Waals surface area contributed by atoms with Gasteiger partial charge in [-0.25, -0.2) is 4.98 Å². The summed E-state index contributed by atoms with van der Waals surface area (Å²) in [6.07, 6.45) is 8.77. The molecule has 5 nitrogen and oxygen atoms in total. The van der Waals surface area contributed by atoms with Crippen molar-refractivity contribution in [2.45, 2.75) is 44.9 Å². The summed E-state index contributed by atoms with van der Waals surface area (Å²) in [4.78, 5) is 20.0. The summed E-state index contributed by atoms with van der Waals surface area (Å²) in [7, 11) is 0. The lowest BCUT2D eigenvalue weighted by Gasteiger charge is -2.56. The number of morpholine rings is 1. The highest BCUT2D eigenvalue weighted by Gasteiger charge is 2.51. The maximum absolute atomic E-state index is 12.9. The molecule has 0 atom stereocenters. The Morgan fingerprint density at radius 3 is 2.52 bits per heavy atom. The predicted octanol–water partition coefficient (Wildman–Crippen LogP) is 4.68. The molecular formula is C23H29N3O2S. The van der Waals surface area contributed by atoms with Crippen molar-refractivity contribution in [3.05, 3.63) is 18.2 Å². The fourth-order valence-electron chi connectivity index (χ4n) is 7.00. The van der Waals surface area contributed by atoms with E-state index in [0.29, 0.717) is 6.42 Å². The molecule has 1 aromatic heterocycles. The molecule has 154 valence electrons. The van der Waals surface area contributed by atoms with Crippen molar-refractivity contribution in [3.8, 4) is 0 Å². The number of carbonyl (C=O) groups excluding carboxylic acids is 1. The highest BCUT2D eigenvalue weighted by Crippen LogP contribution is 2.61. The Labute approximate surface area is 175 Å². The third-order valence-corrected chi connectivity index (χ3v) is 8.63. The van der Waals surface area contributed by atoms with Crippen LogP contribution in [0.1, 0.15) is 44.9 Å². The number of carbonyl (C=O) groups is 1. The van der Waals surface area contributed by atoms with Gasteiger partial charge >= 0.3 is 0 Å². The molecule has 0 radical (unpaired) electrons. The Bertz CT molecular complexity index is 898. The van der Waals surface area contributed by atoms with Crippen LogP contribution in [0.3, 0.4) is 0 Å². The van der Waals surface area contributed by atoms with Crippen LogP contribution in [0.5, 0.6) is 0 Å². The minimum Gasteiger partial charge on any atom is -0.378 e. The lowest BCUT2D eigenvalue weighted by Crippen LogP contribution is -2.47. The fourth-order valence-corrected chi connectivity index (χ4v) is 7.91. The minimum absolute atomic E-state index is 0.166. The second-order valence-electron chi connectivity index (χ2n) is 9.91. The summed E-state index contributed by atoms with van der Waals surface area (Å²) in [5.74, 6) is 2.82. The van der Waals surface area contributed by atoms with Gasteiger partial charge in [-0.2, -0.15) is 0 Å². The third-order valence-electron chi connectivity index (χ3n) is 7.70. The van der Waals surface area contributed by atoms with Crippen LogP contribution in [0.15, 0.2) is 18.2 Å². The number of thiazole rings is 1. The largest absolute Gasteiger partial charge is 0.378 e. The van der Waals surface area contributed by atoms with Gasteiger partial charge in [0.15, 0.2) is 5.13 Å². The average Bonchev–Trinajstić information content (AvgIpc) is 3.08. The van der Waals surface area contributed by atoms with Crippen molar-refractivity contribution in [3.63, 3.8) is 0 Å². The SMILES string of the molecule is O=C(CC12CC3CC(CC(C3)C1)C2)Nc1nc2ccc(N3CCOCC3)cc2s1. The summed E-state index contributed by atoms with van der Waals surface area (Å²) in [5.41, 5.74) is 2.46. The van der Waals surface area contributed by atoms with Crippen LogP contribution in [-0.4, -0.2) is 37.2 Å². The summed E-state index contributed by atoms with van der Waals surface area (Å²) in [5, 5.41) is 3.88. The van der Waals surface area contributed by atoms with E-state index in [1.807, 2.05) is 0 Å². The molecule has 0 spiro atoms. The number of benzene rings is 1. The molecular weight excluding hydrogens is 382 g/mol. The van der Waals surface area contributed by atoms with Gasteiger partial charge in [0.2, 0.25) is 5.91 Å². The Morgan fingerprint density at radius 1 is 1.14 bits per heavy atom. The zero-order valence-corrected chi connectivity index (χ0v) is 17.7. The molecule has 2 heterocycles. The summed E-state index contributed by atoms with van der Waals surface area (Å²) >= 11 is 1.60. The molecule has 5 fully saturated rings. The molecule has 5 aliphatic rings. The van der Waals surface area contributed by atoms with E-state index in [4.69, 9.17) is 4.74 Å². The van der Waals surface area contributed by atoms with Crippen LogP contribution in [0.2, 0.25) is 0 Å². The van der Waals surface area contributed by atoms with Crippen LogP contribution in [0, 0.1) is 23.2 Å². The number of rotatable bonds is 4. The summed E-state index contributed by atoms with van der Waals surface area (Å²) in [6.45, 7) is 3.43. The maximum atomic E-state index is 12.9. The van der Waals surface area contributed by atoms with Crippen LogP contribution >= 0.6 is 11.3 Å². The molecule has 4 aliphatic carbocycles. The predicted molar refractivity (Wildman–Crippen MR) is 117 cm³/mol. The number of nitrogens with one attached hydrogen (secondary N) is 1. The third kappa shape index (κ3) is 3.44. The van der Waals surface area contributed by atoms with E-state index in [9.17, 15) is 4.79 Å². The van der Waals surface area contributed by atoms with Gasteiger partial charge in [-0.3, -0.25) is 4.79 Å². The maximum Gasteiger partial charge on any atom is 0.226 e. The lowest BCUT2D eigenvalue weighted by atomic mass is 9.49. The molecule has 29 heavy (non-hydrogen) atoms. The second kappa shape index (κ2) is 6.95. The average molecular weight is 412 g/mol. The first-order chi connectivity index (χ1) is 14.1. The molecule has 6 heteroatoms. The van der Waals surface area contributed by atoms with Crippen molar-refractivity contribution in [2.75, 3.05) is 36.5 Å². The molecule has 1 amide bonds. The zero-order chi connectivity index (χ0) is 19.4. The number of hydrogen-bond donors (Lipinski definition) is 1. The van der Waals surface area contributed by atoms with Crippen LogP contribution < -0.4 is 10.2 Å². The van der Waals surface area contributed by atoms with Crippen LogP contribution in [0.4, 0.5) is 10.8 Å². The quantitative estimate of drug-likeness (QED) is 0.794. The number of ether oxygens (including phenoxy) is 1. The number of fused-ring (bicyclic) bond motifs is 1. The van der Waals surface area contributed by atoms with Gasteiger partial charge in [-0.15, -0.1) is 0 Å². The van der Waals surface area contributed by atoms with E-state index in [0.717, 1.165) is 59.4 Å². The molecule has 4 saturated carbocycles. The van der Waals surface area contributed by atoms with Gasteiger partial charge in [-0.05, 0) is 79.9 Å². The van der Waals surface area contributed by atoms with Gasteiger partial charge in [0.05, 0.1) is 23.4 Å². The van der Waals surface area contributed by atoms with Gasteiger partial charge in [0, 0.05) is 25.2 Å². The molecule has 1 saturated heterocycles. The van der Waals surface area contributed by atoms with E-state index in [1.54, 1.807) is 11.3 Å². The molecule has 2 aromatic rings. The fraction of sp³-hybridized carbons (Fsp3) is 0.652. The number of nitrogens with zero attached hydrogens (tertiary/aromatic N) is 2. The molecule has 4 bridgehead atoms. The van der Waals surface area contributed by atoms with E-state index < -0.39 is 0 Å². The van der Waals surface area contributed by atoms with Gasteiger partial charge in [0.25, 0.3) is 0 Å². The smallest absolute Gasteiger partial charge is 0.226 e. The summed E-state index contributed by atoms with van der Waals surface area (Å²) < 4.78 is 6.60. The lowest BCUT2D eigenvalue weighted by molar-refractivity contribution is -0.124. The molecule has 7 rings (SSSR count). The number of aromatic nitrogens is 1. The van der Waals surface area contributed by atoms with Crippen LogP contribution in [-0.2, 0) is 9.53 Å². The Kier molecular flexibility index (Phi) is 4.34. The molecule has 1 aliphatic heterocycles. The number of anilines is 2. The van der Waals surface area contributed by atoms with Crippen molar-refractivity contribution in [2.24, 2.45) is 23.2 Å². The highest BCUT2D eigenvalue weighted by molar-refractivity contribution is 7.22. The van der Waals surface area contributed by atoms with E-state index in [-0.39, 0.29) is 11.3 Å². The molecule has 1 N–H and O–H groups in total. The number of hydrogen-bond acceptors (Lipinski definition) is 5. The Morgan fingerprint density at radius 2 is 1.83 bits per heavy atom. The first kappa shape index (κ1) is 18.1. The molecule has 1 aromatic carbocycles. The minimum atomic E-state index is 0.166. The monoisotopic (exact) mass is 411 g/mol. The number of amides is 1. The van der Waals surface area contributed by atoms with Crippen molar-refractivity contribution >= 4 is 38.3 Å². The first-order valence-corrected chi connectivity index (χ1v) is 12.0. The van der Waals surface area contributed by atoms with Crippen molar-refractivity contribution in [1.82, 2.24) is 4.98 Å². The molecule has 0 unspecified atom stereocenters. The van der Waals surface area contributed by atoms with E-state index in [2.05, 4.69) is 33.4 Å². The van der Waals surface area contributed by atoms with Gasteiger partial charge in [0.1, 0.15) is 0 Å². The Hall–Kier alpha value is -1.66. The van der Waals surface area contributed by atoms with E-state index in [1.165, 1.54) is 44.2 Å². The van der Waals surface area contributed by atoms with E-state index >= 15 is 0 Å². The second-order valence-corrected chi connectivity index (χ2v) is 10.9. The van der Waals surface area contributed by atoms with Crippen molar-refractivity contribution < 1.29 is 9.53 Å². The first-order valence-electron chi connectivity index (χ1n) is 11.2. The summed E-state index contributed by atoms with van der Waals surface area (Å²) in [6, 6.07) is 6.41. The normalized spacial score (nSPS) is 33.4. The highest BCUT2D eigenvalue weighted by atomic mass is 32.1. The van der Waals surface area contributed by atoms with Crippen molar-refractivity contribution in [1.29, 1.82) is 0 Å². The van der Waals surface area contributed by atoms with Crippen LogP contribution in [0.25, 0.3) is 10.2 Å². The zero-order valence-electron chi connectivity index (χ0n) is 16.9. The van der Waals surface area contributed by atoms with Gasteiger partial charge < -0.3 is 15.0 Å². The Balaban J connectivity index is 1.16. The van der Waals surface area contributed by atoms with Gasteiger partial charge in [-0.1, -0.05) is 11.3 Å². The topological polar surface area (TPSA) is 54.5 Å². The standard InChI is InChI=1S/C23H29N3O2S/c27-21(14-23-11-15-7-16(12-23)9-17(8-15)13-23)25-22-24-19-2-1-18(10-20(19)29-22)26-3-5-28-6-4-26/h1-2,10,15-17H,3-9,11-14H2,(H,24,25,27).